The lowest BCUT2D eigenvalue weighted by atomic mass is 9.97. The number of hydrogen-bond donors (Lipinski definition) is 4. The summed E-state index contributed by atoms with van der Waals surface area (Å²) in [6, 6.07) is 4.33. The van der Waals surface area contributed by atoms with Gasteiger partial charge in [-0.3, -0.25) is 14.9 Å². The number of nitrogens with one attached hydrogen (secondary N) is 1. The number of hydrogen-bond acceptors (Lipinski definition) is 8. The molecule has 4 N–H and O–H groups in total. The minimum absolute atomic E-state index is 0.136. The van der Waals surface area contributed by atoms with E-state index in [-0.39, 0.29) is 11.4 Å². The number of para-hydroxylation sites is 2. The summed E-state index contributed by atoms with van der Waals surface area (Å²) >= 11 is 0. The van der Waals surface area contributed by atoms with E-state index in [0.717, 1.165) is 0 Å². The van der Waals surface area contributed by atoms with Gasteiger partial charge in [0.15, 0.2) is 5.75 Å². The molecular formula is C14H18N2O8. The Bertz CT molecular complexity index is 610. The van der Waals surface area contributed by atoms with Crippen molar-refractivity contribution in [2.24, 2.45) is 0 Å². The van der Waals surface area contributed by atoms with E-state index in [0.29, 0.717) is 0 Å². The van der Waals surface area contributed by atoms with Crippen molar-refractivity contribution in [3.8, 4) is 5.75 Å². The fourth-order valence-electron chi connectivity index (χ4n) is 2.40. The van der Waals surface area contributed by atoms with Gasteiger partial charge in [0.1, 0.15) is 24.4 Å². The number of ether oxygens (including phenoxy) is 2. The van der Waals surface area contributed by atoms with Crippen LogP contribution in [-0.4, -0.2) is 63.4 Å². The van der Waals surface area contributed by atoms with Crippen molar-refractivity contribution in [2.75, 3.05) is 6.61 Å². The quantitative estimate of drug-likeness (QED) is 0.389. The normalized spacial score (nSPS) is 29.8. The topological polar surface area (TPSA) is 151 Å². The Labute approximate surface area is 136 Å². The van der Waals surface area contributed by atoms with Crippen LogP contribution in [0.5, 0.6) is 5.75 Å². The number of amides is 1. The number of rotatable bonds is 5. The molecule has 0 spiro atoms. The first-order chi connectivity index (χ1) is 11.3. The molecule has 0 bridgehead atoms. The Morgan fingerprint density at radius 2 is 2.04 bits per heavy atom. The molecule has 1 fully saturated rings. The summed E-state index contributed by atoms with van der Waals surface area (Å²) in [5.74, 6) is -0.656. The Morgan fingerprint density at radius 1 is 1.38 bits per heavy atom. The average molecular weight is 342 g/mol. The predicted octanol–water partition coefficient (Wildman–Crippen LogP) is -1.08. The molecule has 0 saturated carbocycles. The zero-order chi connectivity index (χ0) is 17.9. The Hall–Kier alpha value is -2.27. The van der Waals surface area contributed by atoms with E-state index in [1.807, 2.05) is 0 Å². The van der Waals surface area contributed by atoms with E-state index >= 15 is 0 Å². The van der Waals surface area contributed by atoms with E-state index in [1.54, 1.807) is 0 Å². The number of aliphatic hydroxyl groups excluding tert-OH is 3. The second-order valence-electron chi connectivity index (χ2n) is 5.28. The molecule has 1 aromatic rings. The molecular weight excluding hydrogens is 324 g/mol. The number of carbonyl (C=O) groups is 1. The fraction of sp³-hybridized carbons (Fsp3) is 0.500. The van der Waals surface area contributed by atoms with Gasteiger partial charge in [0, 0.05) is 13.0 Å². The summed E-state index contributed by atoms with van der Waals surface area (Å²) in [7, 11) is 0. The smallest absolute Gasteiger partial charge is 0.311 e. The number of benzene rings is 1. The van der Waals surface area contributed by atoms with E-state index in [9.17, 15) is 30.2 Å². The zero-order valence-corrected chi connectivity index (χ0v) is 12.7. The average Bonchev–Trinajstić information content (AvgIpc) is 2.54. The van der Waals surface area contributed by atoms with Crippen LogP contribution in [0.1, 0.15) is 6.92 Å². The van der Waals surface area contributed by atoms with Gasteiger partial charge in [-0.1, -0.05) is 12.1 Å². The van der Waals surface area contributed by atoms with Gasteiger partial charge in [-0.25, -0.2) is 0 Å². The third-order valence-corrected chi connectivity index (χ3v) is 3.56. The van der Waals surface area contributed by atoms with Gasteiger partial charge in [0.2, 0.25) is 12.2 Å². The molecule has 1 aliphatic rings. The highest BCUT2D eigenvalue weighted by Gasteiger charge is 2.46. The van der Waals surface area contributed by atoms with Crippen LogP contribution in [0, 0.1) is 10.1 Å². The summed E-state index contributed by atoms with van der Waals surface area (Å²) in [4.78, 5) is 21.7. The first-order valence-corrected chi connectivity index (χ1v) is 7.14. The van der Waals surface area contributed by atoms with E-state index in [2.05, 4.69) is 5.32 Å². The first kappa shape index (κ1) is 18.1. The third kappa shape index (κ3) is 3.79. The molecule has 24 heavy (non-hydrogen) atoms. The standard InChI is InChI=1S/C14H18N2O8/c1-7(18)15-11-13(20)12(19)10(6-17)24-14(11)23-9-5-3-2-4-8(9)16(21)22/h2-5,10-14,17,19-20H,6H2,1H3,(H,15,18)/t10-,11+,12-,13-,14-/m1/s1. The van der Waals surface area contributed by atoms with Crippen molar-refractivity contribution in [3.05, 3.63) is 34.4 Å². The van der Waals surface area contributed by atoms with Crippen molar-refractivity contribution in [1.29, 1.82) is 0 Å². The lowest BCUT2D eigenvalue weighted by molar-refractivity contribution is -0.386. The molecule has 1 amide bonds. The number of nitrogens with zero attached hydrogens (tertiary/aromatic N) is 1. The van der Waals surface area contributed by atoms with Gasteiger partial charge >= 0.3 is 5.69 Å². The molecule has 1 heterocycles. The fourth-order valence-corrected chi connectivity index (χ4v) is 2.40. The highest BCUT2D eigenvalue weighted by Crippen LogP contribution is 2.30. The summed E-state index contributed by atoms with van der Waals surface area (Å²) in [6.45, 7) is 0.584. The number of carbonyl (C=O) groups excluding carboxylic acids is 1. The highest BCUT2D eigenvalue weighted by atomic mass is 16.7. The maximum atomic E-state index is 11.3. The molecule has 1 aliphatic heterocycles. The predicted molar refractivity (Wildman–Crippen MR) is 79.1 cm³/mol. The molecule has 2 rings (SSSR count). The van der Waals surface area contributed by atoms with Crippen LogP contribution in [0.4, 0.5) is 5.69 Å². The summed E-state index contributed by atoms with van der Waals surface area (Å²) in [5, 5.41) is 42.7. The largest absolute Gasteiger partial charge is 0.455 e. The van der Waals surface area contributed by atoms with Crippen LogP contribution in [-0.2, 0) is 9.53 Å². The monoisotopic (exact) mass is 342 g/mol. The summed E-state index contributed by atoms with van der Waals surface area (Å²) < 4.78 is 10.8. The van der Waals surface area contributed by atoms with Gasteiger partial charge in [-0.2, -0.15) is 0 Å². The molecule has 5 atom stereocenters. The maximum Gasteiger partial charge on any atom is 0.311 e. The minimum atomic E-state index is -1.49. The first-order valence-electron chi connectivity index (χ1n) is 7.14. The maximum absolute atomic E-state index is 11.3. The third-order valence-electron chi connectivity index (χ3n) is 3.56. The van der Waals surface area contributed by atoms with E-state index in [4.69, 9.17) is 9.47 Å². The van der Waals surface area contributed by atoms with Gasteiger partial charge < -0.3 is 30.1 Å². The van der Waals surface area contributed by atoms with Gasteiger partial charge in [-0.15, -0.1) is 0 Å². The van der Waals surface area contributed by atoms with Gasteiger partial charge in [0.25, 0.3) is 0 Å². The molecule has 0 aliphatic carbocycles. The number of nitro benzene ring substituents is 1. The second-order valence-corrected chi connectivity index (χ2v) is 5.28. The van der Waals surface area contributed by atoms with Crippen molar-refractivity contribution < 1.29 is 34.5 Å². The summed E-state index contributed by atoms with van der Waals surface area (Å²) in [6.07, 6.45) is -5.46. The molecule has 1 saturated heterocycles. The Morgan fingerprint density at radius 3 is 2.62 bits per heavy atom. The molecule has 1 aromatic carbocycles. The molecule has 0 unspecified atom stereocenters. The van der Waals surface area contributed by atoms with Gasteiger partial charge in [-0.05, 0) is 6.07 Å². The van der Waals surface area contributed by atoms with E-state index < -0.39 is 48.1 Å². The number of nitro groups is 1. The molecule has 132 valence electrons. The molecule has 10 nitrogen and oxygen atoms in total. The van der Waals surface area contributed by atoms with Crippen LogP contribution in [0.15, 0.2) is 24.3 Å². The SMILES string of the molecule is CC(=O)N[C@@H]1[C@H](Oc2ccccc2[N+](=O)[O-])O[C@H](CO)[C@@H](O)[C@@H]1O. The van der Waals surface area contributed by atoms with E-state index in [1.165, 1.54) is 31.2 Å². The second kappa shape index (κ2) is 7.53. The molecule has 10 heteroatoms. The lowest BCUT2D eigenvalue weighted by Gasteiger charge is -2.41. The van der Waals surface area contributed by atoms with Gasteiger partial charge in [0.05, 0.1) is 11.5 Å². The molecule has 0 radical (unpaired) electrons. The minimum Gasteiger partial charge on any atom is -0.455 e. The van der Waals surface area contributed by atoms with Crippen LogP contribution in [0.2, 0.25) is 0 Å². The number of aliphatic hydroxyl groups is 3. The highest BCUT2D eigenvalue weighted by molar-refractivity contribution is 5.73. The van der Waals surface area contributed by atoms with Crippen molar-refractivity contribution in [1.82, 2.24) is 5.32 Å². The van der Waals surface area contributed by atoms with Crippen molar-refractivity contribution >= 4 is 11.6 Å². The van der Waals surface area contributed by atoms with Crippen LogP contribution < -0.4 is 10.1 Å². The van der Waals surface area contributed by atoms with Crippen molar-refractivity contribution in [2.45, 2.75) is 37.6 Å². The van der Waals surface area contributed by atoms with Crippen molar-refractivity contribution in [3.63, 3.8) is 0 Å². The Kier molecular flexibility index (Phi) is 5.67. The summed E-state index contributed by atoms with van der Waals surface area (Å²) in [5.41, 5.74) is -0.330. The van der Waals surface area contributed by atoms with Crippen LogP contribution in [0.3, 0.4) is 0 Å². The molecule has 0 aromatic heterocycles. The van der Waals surface area contributed by atoms with Crippen LogP contribution >= 0.6 is 0 Å². The van der Waals surface area contributed by atoms with Crippen LogP contribution in [0.25, 0.3) is 0 Å². The Balaban J connectivity index is 2.30. The lowest BCUT2D eigenvalue weighted by Crippen LogP contribution is -2.65. The zero-order valence-electron chi connectivity index (χ0n) is 12.7.